The van der Waals surface area contributed by atoms with Gasteiger partial charge in [-0.2, -0.15) is 18.3 Å². The summed E-state index contributed by atoms with van der Waals surface area (Å²) in [6.07, 6.45) is 1.52. The molecular formula is C17H10ClF3N4O2S. The monoisotopic (exact) mass is 426 g/mol. The topological polar surface area (TPSA) is 90.9 Å². The van der Waals surface area contributed by atoms with E-state index in [0.29, 0.717) is 11.1 Å². The van der Waals surface area contributed by atoms with Gasteiger partial charge in [-0.05, 0) is 30.3 Å². The molecule has 3 aromatic rings. The van der Waals surface area contributed by atoms with Crippen molar-refractivity contribution in [3.63, 3.8) is 0 Å². The maximum absolute atomic E-state index is 13.2. The van der Waals surface area contributed by atoms with Gasteiger partial charge in [-0.3, -0.25) is 0 Å². The van der Waals surface area contributed by atoms with Crippen molar-refractivity contribution in [2.75, 3.05) is 0 Å². The van der Waals surface area contributed by atoms with E-state index < -0.39 is 21.9 Å². The molecule has 28 heavy (non-hydrogen) atoms. The molecule has 0 radical (unpaired) electrons. The van der Waals surface area contributed by atoms with Gasteiger partial charge in [-0.25, -0.2) is 23.2 Å². The fourth-order valence-electron chi connectivity index (χ4n) is 2.36. The van der Waals surface area contributed by atoms with E-state index in [1.54, 1.807) is 0 Å². The molecular weight excluding hydrogens is 417 g/mol. The van der Waals surface area contributed by atoms with E-state index >= 15 is 0 Å². The third-order valence-corrected chi connectivity index (χ3v) is 4.90. The van der Waals surface area contributed by atoms with Crippen LogP contribution in [0.2, 0.25) is 5.02 Å². The Balaban J connectivity index is 2.19. The molecule has 6 nitrogen and oxygen atoms in total. The van der Waals surface area contributed by atoms with Gasteiger partial charge in [0.15, 0.2) is 11.5 Å². The lowest BCUT2D eigenvalue weighted by molar-refractivity contribution is -0.141. The number of primary sulfonamides is 1. The van der Waals surface area contributed by atoms with Crippen LogP contribution >= 0.6 is 11.6 Å². The van der Waals surface area contributed by atoms with Crippen molar-refractivity contribution in [3.05, 3.63) is 58.9 Å². The largest absolute Gasteiger partial charge is 0.435 e. The molecule has 0 bridgehead atoms. The van der Waals surface area contributed by atoms with Crippen molar-refractivity contribution in [2.24, 2.45) is 5.14 Å². The molecule has 0 fully saturated rings. The van der Waals surface area contributed by atoms with Crippen molar-refractivity contribution in [1.29, 1.82) is 0 Å². The second-order valence-corrected chi connectivity index (χ2v) is 7.53. The first-order valence-corrected chi connectivity index (χ1v) is 9.36. The molecule has 2 heterocycles. The van der Waals surface area contributed by atoms with Crippen LogP contribution < -0.4 is 5.14 Å². The van der Waals surface area contributed by atoms with Gasteiger partial charge in [0.05, 0.1) is 10.7 Å². The highest BCUT2D eigenvalue weighted by Gasteiger charge is 2.35. The molecule has 2 N–H and O–H groups in total. The average Bonchev–Trinajstić information content (AvgIpc) is 3.07. The molecule has 0 atom stereocenters. The number of nitrogens with zero attached hydrogens (tertiary/aromatic N) is 3. The van der Waals surface area contributed by atoms with E-state index in [1.165, 1.54) is 24.3 Å². The van der Waals surface area contributed by atoms with Crippen molar-refractivity contribution in [1.82, 2.24) is 14.8 Å². The number of hydrogen-bond acceptors (Lipinski definition) is 4. The van der Waals surface area contributed by atoms with E-state index in [0.717, 1.165) is 23.0 Å². The van der Waals surface area contributed by atoms with Gasteiger partial charge < -0.3 is 0 Å². The molecule has 1 aromatic carbocycles. The molecule has 0 aliphatic carbocycles. The summed E-state index contributed by atoms with van der Waals surface area (Å²) >= 11 is 6.05. The second-order valence-electron chi connectivity index (χ2n) is 5.56. The summed E-state index contributed by atoms with van der Waals surface area (Å²) in [5.74, 6) is 2.31. The molecule has 0 saturated carbocycles. The number of terminal acetylenes is 1. The van der Waals surface area contributed by atoms with Crippen LogP contribution in [0.25, 0.3) is 17.1 Å². The van der Waals surface area contributed by atoms with Crippen molar-refractivity contribution in [3.8, 4) is 29.4 Å². The summed E-state index contributed by atoms with van der Waals surface area (Å²) in [6, 6.07) is 7.52. The van der Waals surface area contributed by atoms with Crippen molar-refractivity contribution < 1.29 is 21.6 Å². The summed E-state index contributed by atoms with van der Waals surface area (Å²) < 4.78 is 63.2. The Kier molecular flexibility index (Phi) is 4.93. The minimum absolute atomic E-state index is 0.0358. The van der Waals surface area contributed by atoms with Gasteiger partial charge in [-0.1, -0.05) is 23.6 Å². The molecule has 11 heteroatoms. The smallest absolute Gasteiger partial charge is 0.236 e. The van der Waals surface area contributed by atoms with E-state index in [4.69, 9.17) is 23.2 Å². The fourth-order valence-corrected chi connectivity index (χ4v) is 3.05. The van der Waals surface area contributed by atoms with Crippen LogP contribution in [0.1, 0.15) is 11.3 Å². The van der Waals surface area contributed by atoms with E-state index in [-0.39, 0.29) is 21.4 Å². The summed E-state index contributed by atoms with van der Waals surface area (Å²) in [5, 5.41) is 8.74. The predicted molar refractivity (Wildman–Crippen MR) is 96.1 cm³/mol. The lowest BCUT2D eigenvalue weighted by atomic mass is 10.1. The summed E-state index contributed by atoms with van der Waals surface area (Å²) in [7, 11) is -4.00. The number of halogens is 4. The van der Waals surface area contributed by atoms with E-state index in [2.05, 4.69) is 16.0 Å². The zero-order valence-electron chi connectivity index (χ0n) is 13.8. The Morgan fingerprint density at radius 2 is 1.89 bits per heavy atom. The van der Waals surface area contributed by atoms with E-state index in [9.17, 15) is 21.6 Å². The number of aromatic nitrogens is 3. The third-order valence-electron chi connectivity index (χ3n) is 3.69. The Morgan fingerprint density at radius 1 is 1.18 bits per heavy atom. The average molecular weight is 427 g/mol. The normalized spacial score (nSPS) is 12.0. The molecule has 0 spiro atoms. The van der Waals surface area contributed by atoms with Gasteiger partial charge in [-0.15, -0.1) is 6.42 Å². The lowest BCUT2D eigenvalue weighted by Crippen LogP contribution is -2.13. The van der Waals surface area contributed by atoms with E-state index in [1.807, 2.05) is 0 Å². The SMILES string of the molecule is C#Cc1ccc(-c2cc(C(F)(F)F)nn2-c2ccc(S(N)(=O)=O)cn2)cc1Cl. The molecule has 0 saturated heterocycles. The number of rotatable bonds is 3. The maximum Gasteiger partial charge on any atom is 0.435 e. The summed E-state index contributed by atoms with van der Waals surface area (Å²) in [6.45, 7) is 0. The zero-order valence-corrected chi connectivity index (χ0v) is 15.3. The Bertz CT molecular complexity index is 1200. The van der Waals surface area contributed by atoms with Crippen LogP contribution in [0, 0.1) is 12.3 Å². The van der Waals surface area contributed by atoms with Crippen LogP contribution in [0.5, 0.6) is 0 Å². The molecule has 3 rings (SSSR count). The first-order valence-electron chi connectivity index (χ1n) is 7.44. The molecule has 0 unspecified atom stereocenters. The van der Waals surface area contributed by atoms with Gasteiger partial charge in [0.1, 0.15) is 4.90 Å². The van der Waals surface area contributed by atoms with Gasteiger partial charge >= 0.3 is 6.18 Å². The minimum Gasteiger partial charge on any atom is -0.236 e. The molecule has 0 amide bonds. The number of hydrogen-bond donors (Lipinski definition) is 1. The van der Waals surface area contributed by atoms with Gasteiger partial charge in [0.2, 0.25) is 10.0 Å². The highest BCUT2D eigenvalue weighted by molar-refractivity contribution is 7.89. The fraction of sp³-hybridized carbons (Fsp3) is 0.0588. The van der Waals surface area contributed by atoms with Gasteiger partial charge in [0.25, 0.3) is 0 Å². The Hall–Kier alpha value is -2.87. The minimum atomic E-state index is -4.71. The number of pyridine rings is 1. The number of alkyl halides is 3. The molecule has 0 aliphatic heterocycles. The molecule has 2 aromatic heterocycles. The Morgan fingerprint density at radius 3 is 2.39 bits per heavy atom. The lowest BCUT2D eigenvalue weighted by Gasteiger charge is -2.08. The molecule has 144 valence electrons. The number of benzene rings is 1. The summed E-state index contributed by atoms with van der Waals surface area (Å²) in [4.78, 5) is 3.57. The number of sulfonamides is 1. The van der Waals surface area contributed by atoms with Crippen LogP contribution in [0.3, 0.4) is 0 Å². The zero-order chi connectivity index (χ0) is 20.7. The quantitative estimate of drug-likeness (QED) is 0.651. The van der Waals surface area contributed by atoms with Crippen molar-refractivity contribution in [2.45, 2.75) is 11.1 Å². The Labute approximate surface area is 162 Å². The second kappa shape index (κ2) is 6.94. The molecule has 0 aliphatic rings. The number of nitrogens with two attached hydrogens (primary N) is 1. The first kappa shape index (κ1) is 19.9. The summed E-state index contributed by atoms with van der Waals surface area (Å²) in [5.41, 5.74) is -0.432. The highest BCUT2D eigenvalue weighted by atomic mass is 35.5. The standard InChI is InChI=1S/C17H10ClF3N4O2S/c1-2-10-3-4-11(7-13(10)18)14-8-15(17(19,20)21)24-25(14)16-6-5-12(9-23-16)28(22,26)27/h1,3-9H,(H2,22,26,27). The predicted octanol–water partition coefficient (Wildman–Crippen LogP) is 3.24. The van der Waals surface area contributed by atoms with Crippen LogP contribution in [0.15, 0.2) is 47.5 Å². The third kappa shape index (κ3) is 3.87. The van der Waals surface area contributed by atoms with Crippen LogP contribution in [-0.2, 0) is 16.2 Å². The maximum atomic E-state index is 13.2. The highest BCUT2D eigenvalue weighted by Crippen LogP contribution is 2.34. The van der Waals surface area contributed by atoms with Gasteiger partial charge in [0, 0.05) is 17.3 Å². The first-order chi connectivity index (χ1) is 13.0. The van der Waals surface area contributed by atoms with Crippen LogP contribution in [0.4, 0.5) is 13.2 Å². The van der Waals surface area contributed by atoms with Crippen molar-refractivity contribution >= 4 is 21.6 Å². The van der Waals surface area contributed by atoms with Crippen LogP contribution in [-0.4, -0.2) is 23.2 Å².